The Morgan fingerprint density at radius 1 is 1.11 bits per heavy atom. The molecule has 0 spiro atoms. The number of aryl methyl sites for hydroxylation is 1. The van der Waals surface area contributed by atoms with Gasteiger partial charge in [-0.15, -0.1) is 0 Å². The average Bonchev–Trinajstić information content (AvgIpc) is 2.76. The van der Waals surface area contributed by atoms with Gasteiger partial charge >= 0.3 is 6.09 Å². The number of hydrogen-bond acceptors (Lipinski definition) is 6. The lowest BCUT2D eigenvalue weighted by atomic mass is 9.99. The maximum Gasteiger partial charge on any atom is 0.408 e. The third kappa shape index (κ3) is 10.1. The third-order valence-corrected chi connectivity index (χ3v) is 5.32. The minimum atomic E-state index is -1.32. The van der Waals surface area contributed by atoms with E-state index in [0.29, 0.717) is 24.1 Å². The molecule has 0 aliphatic rings. The second-order valence-electron chi connectivity index (χ2n) is 9.85. The number of rotatable bonds is 13. The fourth-order valence-electron chi connectivity index (χ4n) is 3.66. The highest BCUT2D eigenvalue weighted by atomic mass is 16.6. The fraction of sp³-hybridized carbons (Fsp3) is 0.615. The Morgan fingerprint density at radius 3 is 2.31 bits per heavy atom. The number of phenolic OH excluding ortho intramolecular Hbond substituents is 1. The van der Waals surface area contributed by atoms with Crippen molar-refractivity contribution in [2.45, 2.75) is 91.3 Å². The van der Waals surface area contributed by atoms with Crippen molar-refractivity contribution in [3.05, 3.63) is 29.3 Å². The second kappa shape index (κ2) is 14.3. The highest BCUT2D eigenvalue weighted by molar-refractivity contribution is 5.94. The summed E-state index contributed by atoms with van der Waals surface area (Å²) in [6.07, 6.45) is 1.90. The first-order valence-corrected chi connectivity index (χ1v) is 12.5. The first-order chi connectivity index (χ1) is 16.8. The minimum absolute atomic E-state index is 0.0624. The SMILES string of the molecule is CCCCCNC(=O)C(c1ccc(O)c(C)c1)N(CCC)C(=O)C(CC(N)=O)NC(=O)OC(C)(C)C. The Bertz CT molecular complexity index is 912. The zero-order valence-corrected chi connectivity index (χ0v) is 22.3. The maximum atomic E-state index is 13.7. The van der Waals surface area contributed by atoms with Crippen LogP contribution in [0.15, 0.2) is 18.2 Å². The predicted octanol–water partition coefficient (Wildman–Crippen LogP) is 3.06. The van der Waals surface area contributed by atoms with Crippen LogP contribution in [0.25, 0.3) is 0 Å². The van der Waals surface area contributed by atoms with Crippen LogP contribution < -0.4 is 16.4 Å². The van der Waals surface area contributed by atoms with Gasteiger partial charge in [0.1, 0.15) is 23.4 Å². The van der Waals surface area contributed by atoms with E-state index in [1.54, 1.807) is 39.8 Å². The number of hydrogen-bond donors (Lipinski definition) is 4. The van der Waals surface area contributed by atoms with Gasteiger partial charge in [0.15, 0.2) is 0 Å². The van der Waals surface area contributed by atoms with Crippen molar-refractivity contribution in [1.82, 2.24) is 15.5 Å². The zero-order chi connectivity index (χ0) is 27.5. The van der Waals surface area contributed by atoms with Gasteiger partial charge in [-0.3, -0.25) is 14.4 Å². The van der Waals surface area contributed by atoms with E-state index in [2.05, 4.69) is 17.6 Å². The Morgan fingerprint density at radius 2 is 1.78 bits per heavy atom. The molecular formula is C26H42N4O6. The zero-order valence-electron chi connectivity index (χ0n) is 22.3. The van der Waals surface area contributed by atoms with E-state index in [0.717, 1.165) is 19.3 Å². The number of benzene rings is 1. The van der Waals surface area contributed by atoms with Crippen LogP contribution in [0.1, 0.15) is 83.9 Å². The van der Waals surface area contributed by atoms with Crippen LogP contribution in [0.3, 0.4) is 0 Å². The molecule has 202 valence electrons. The number of phenols is 1. The number of amides is 4. The van der Waals surface area contributed by atoms with Crippen molar-refractivity contribution in [2.75, 3.05) is 13.1 Å². The van der Waals surface area contributed by atoms with Gasteiger partial charge in [0.25, 0.3) is 0 Å². The van der Waals surface area contributed by atoms with Crippen LogP contribution in [-0.4, -0.2) is 58.6 Å². The molecule has 10 nitrogen and oxygen atoms in total. The van der Waals surface area contributed by atoms with E-state index in [9.17, 15) is 24.3 Å². The summed E-state index contributed by atoms with van der Waals surface area (Å²) in [7, 11) is 0. The average molecular weight is 507 g/mol. The van der Waals surface area contributed by atoms with Crippen molar-refractivity contribution < 1.29 is 29.0 Å². The molecule has 5 N–H and O–H groups in total. The number of nitrogens with zero attached hydrogens (tertiary/aromatic N) is 1. The van der Waals surface area contributed by atoms with Crippen molar-refractivity contribution in [3.8, 4) is 5.75 Å². The van der Waals surface area contributed by atoms with Gasteiger partial charge in [0.2, 0.25) is 17.7 Å². The quantitative estimate of drug-likeness (QED) is 0.302. The van der Waals surface area contributed by atoms with E-state index in [1.807, 2.05) is 6.92 Å². The standard InChI is InChI=1S/C26H42N4O6/c1-7-9-10-13-28-23(33)22(18-11-12-20(31)17(3)15-18)30(14-8-2)24(34)19(16-21(27)32)29-25(35)36-26(4,5)6/h11-12,15,19,22,31H,7-10,13-14,16H2,1-6H3,(H2,27,32)(H,28,33)(H,29,35). The summed E-state index contributed by atoms with van der Waals surface area (Å²) < 4.78 is 5.26. The van der Waals surface area contributed by atoms with Gasteiger partial charge in [0, 0.05) is 13.1 Å². The van der Waals surface area contributed by atoms with Gasteiger partial charge in [-0.1, -0.05) is 32.8 Å². The Kier molecular flexibility index (Phi) is 12.2. The Labute approximate surface area is 213 Å². The number of carbonyl (C=O) groups excluding carboxylic acids is 4. The lowest BCUT2D eigenvalue weighted by molar-refractivity contribution is -0.143. The molecule has 1 aromatic carbocycles. The highest BCUT2D eigenvalue weighted by Gasteiger charge is 2.36. The monoisotopic (exact) mass is 506 g/mol. The number of unbranched alkanes of at least 4 members (excludes halogenated alkanes) is 2. The smallest absolute Gasteiger partial charge is 0.408 e. The summed E-state index contributed by atoms with van der Waals surface area (Å²) in [5, 5.41) is 15.3. The molecule has 1 aromatic rings. The summed E-state index contributed by atoms with van der Waals surface area (Å²) in [5.41, 5.74) is 5.59. The molecule has 0 aromatic heterocycles. The van der Waals surface area contributed by atoms with Crippen molar-refractivity contribution >= 4 is 23.8 Å². The summed E-state index contributed by atoms with van der Waals surface area (Å²) >= 11 is 0. The van der Waals surface area contributed by atoms with Gasteiger partial charge in [-0.05, 0) is 63.8 Å². The third-order valence-electron chi connectivity index (χ3n) is 5.32. The van der Waals surface area contributed by atoms with E-state index in [1.165, 1.54) is 11.0 Å². The van der Waals surface area contributed by atoms with Gasteiger partial charge in [0.05, 0.1) is 6.42 Å². The topological polar surface area (TPSA) is 151 Å². The van der Waals surface area contributed by atoms with Gasteiger partial charge < -0.3 is 31.1 Å². The van der Waals surface area contributed by atoms with E-state index >= 15 is 0 Å². The molecule has 0 fully saturated rings. The Balaban J connectivity index is 3.41. The van der Waals surface area contributed by atoms with Crippen LogP contribution in [0.4, 0.5) is 4.79 Å². The van der Waals surface area contributed by atoms with Crippen molar-refractivity contribution in [3.63, 3.8) is 0 Å². The number of ether oxygens (including phenoxy) is 1. The first-order valence-electron chi connectivity index (χ1n) is 12.5. The minimum Gasteiger partial charge on any atom is -0.508 e. The molecular weight excluding hydrogens is 464 g/mol. The molecule has 36 heavy (non-hydrogen) atoms. The molecule has 0 bridgehead atoms. The molecule has 2 atom stereocenters. The molecule has 1 rings (SSSR count). The molecule has 10 heteroatoms. The maximum absolute atomic E-state index is 13.7. The van der Waals surface area contributed by atoms with Crippen LogP contribution >= 0.6 is 0 Å². The fourth-order valence-corrected chi connectivity index (χ4v) is 3.66. The largest absolute Gasteiger partial charge is 0.508 e. The summed E-state index contributed by atoms with van der Waals surface area (Å²) in [4.78, 5) is 52.7. The van der Waals surface area contributed by atoms with Gasteiger partial charge in [-0.25, -0.2) is 4.79 Å². The normalized spacial score (nSPS) is 12.8. The highest BCUT2D eigenvalue weighted by Crippen LogP contribution is 2.27. The lowest BCUT2D eigenvalue weighted by Crippen LogP contribution is -2.54. The molecule has 0 radical (unpaired) electrons. The molecule has 0 saturated heterocycles. The van der Waals surface area contributed by atoms with E-state index in [4.69, 9.17) is 10.5 Å². The lowest BCUT2D eigenvalue weighted by Gasteiger charge is -2.34. The van der Waals surface area contributed by atoms with Gasteiger partial charge in [-0.2, -0.15) is 0 Å². The number of alkyl carbamates (subject to hydrolysis) is 1. The molecule has 0 aliphatic heterocycles. The number of aromatic hydroxyl groups is 1. The summed E-state index contributed by atoms with van der Waals surface area (Å²) in [6, 6.07) is 2.33. The van der Waals surface area contributed by atoms with Crippen molar-refractivity contribution in [2.24, 2.45) is 5.73 Å². The van der Waals surface area contributed by atoms with E-state index < -0.39 is 47.9 Å². The Hall–Kier alpha value is -3.30. The first kappa shape index (κ1) is 30.7. The number of carbonyl (C=O) groups is 4. The molecule has 0 heterocycles. The number of nitrogens with two attached hydrogens (primary N) is 1. The summed E-state index contributed by atoms with van der Waals surface area (Å²) in [6.45, 7) is 11.2. The van der Waals surface area contributed by atoms with Crippen LogP contribution in [-0.2, 0) is 19.1 Å². The van der Waals surface area contributed by atoms with Crippen molar-refractivity contribution in [1.29, 1.82) is 0 Å². The van der Waals surface area contributed by atoms with Crippen LogP contribution in [0, 0.1) is 6.92 Å². The predicted molar refractivity (Wildman–Crippen MR) is 137 cm³/mol. The second-order valence-corrected chi connectivity index (χ2v) is 9.85. The molecule has 0 aliphatic carbocycles. The van der Waals surface area contributed by atoms with Crippen LogP contribution in [0.5, 0.6) is 5.75 Å². The number of nitrogens with one attached hydrogen (secondary N) is 2. The molecule has 4 amide bonds. The van der Waals surface area contributed by atoms with Crippen LogP contribution in [0.2, 0.25) is 0 Å². The molecule has 0 saturated carbocycles. The van der Waals surface area contributed by atoms with E-state index in [-0.39, 0.29) is 12.3 Å². The number of primary amides is 1. The summed E-state index contributed by atoms with van der Waals surface area (Å²) in [5.74, 6) is -1.76. The molecule has 2 unspecified atom stereocenters.